The molecule has 1 aliphatic rings. The highest BCUT2D eigenvalue weighted by molar-refractivity contribution is 7.99. The van der Waals surface area contributed by atoms with Gasteiger partial charge in [0.25, 0.3) is 0 Å². The fourth-order valence-electron chi connectivity index (χ4n) is 1.08. The lowest BCUT2D eigenvalue weighted by Crippen LogP contribution is -2.03. The van der Waals surface area contributed by atoms with Crippen LogP contribution in [0, 0.1) is 0 Å². The third-order valence-corrected chi connectivity index (χ3v) is 2.80. The van der Waals surface area contributed by atoms with Gasteiger partial charge < -0.3 is 5.21 Å². The lowest BCUT2D eigenvalue weighted by atomic mass is 10.1. The minimum Gasteiger partial charge on any atom is -0.411 e. The highest BCUT2D eigenvalue weighted by Crippen LogP contribution is 2.14. The van der Waals surface area contributed by atoms with Gasteiger partial charge in [0.2, 0.25) is 0 Å². The van der Waals surface area contributed by atoms with Crippen molar-refractivity contribution in [2.24, 2.45) is 5.16 Å². The molecule has 58 valence electrons. The molecular weight excluding hydrogens is 146 g/mol. The van der Waals surface area contributed by atoms with Gasteiger partial charge >= 0.3 is 0 Å². The van der Waals surface area contributed by atoms with Crippen molar-refractivity contribution in [3.8, 4) is 0 Å². The van der Waals surface area contributed by atoms with Crippen molar-refractivity contribution < 1.29 is 5.21 Å². The fraction of sp³-hybridized carbons (Fsp3) is 0.857. The van der Waals surface area contributed by atoms with E-state index in [1.54, 1.807) is 0 Å². The Morgan fingerprint density at radius 1 is 1.20 bits per heavy atom. The Balaban J connectivity index is 2.30. The van der Waals surface area contributed by atoms with Gasteiger partial charge in [-0.3, -0.25) is 0 Å². The fourth-order valence-corrected chi connectivity index (χ4v) is 1.98. The summed E-state index contributed by atoms with van der Waals surface area (Å²) in [5.41, 5.74) is 0.986. The largest absolute Gasteiger partial charge is 0.411 e. The molecule has 1 heterocycles. The number of thioether (sulfide) groups is 1. The van der Waals surface area contributed by atoms with Crippen molar-refractivity contribution in [3.05, 3.63) is 0 Å². The van der Waals surface area contributed by atoms with Crippen LogP contribution in [0.15, 0.2) is 5.16 Å². The molecule has 0 aromatic rings. The molecule has 0 radical (unpaired) electrons. The standard InChI is InChI=1S/C7H13NOS/c9-8-7-3-1-5-10-6-2-4-7/h9H,1-6H2. The van der Waals surface area contributed by atoms with Crippen LogP contribution in [0.2, 0.25) is 0 Å². The lowest BCUT2D eigenvalue weighted by Gasteiger charge is -2.08. The zero-order valence-corrected chi connectivity index (χ0v) is 6.86. The van der Waals surface area contributed by atoms with Crippen LogP contribution in [0.3, 0.4) is 0 Å². The van der Waals surface area contributed by atoms with Crippen LogP contribution in [0.25, 0.3) is 0 Å². The van der Waals surface area contributed by atoms with E-state index < -0.39 is 0 Å². The van der Waals surface area contributed by atoms with Crippen LogP contribution in [0.4, 0.5) is 0 Å². The minimum absolute atomic E-state index is 0.986. The summed E-state index contributed by atoms with van der Waals surface area (Å²) < 4.78 is 0. The molecule has 0 aliphatic carbocycles. The van der Waals surface area contributed by atoms with E-state index in [0.29, 0.717) is 0 Å². The Bertz CT molecular complexity index is 115. The van der Waals surface area contributed by atoms with Crippen LogP contribution in [0.5, 0.6) is 0 Å². The first-order chi connectivity index (χ1) is 4.93. The summed E-state index contributed by atoms with van der Waals surface area (Å²) in [6, 6.07) is 0. The average molecular weight is 159 g/mol. The van der Waals surface area contributed by atoms with E-state index in [1.165, 1.54) is 24.3 Å². The second-order valence-electron chi connectivity index (χ2n) is 2.49. The molecule has 0 atom stereocenters. The van der Waals surface area contributed by atoms with E-state index in [0.717, 1.165) is 18.6 Å². The maximum absolute atomic E-state index is 8.49. The molecule has 0 aromatic carbocycles. The molecule has 1 aliphatic heterocycles. The third-order valence-electron chi connectivity index (χ3n) is 1.65. The quantitative estimate of drug-likeness (QED) is 0.434. The summed E-state index contributed by atoms with van der Waals surface area (Å²) >= 11 is 2.00. The van der Waals surface area contributed by atoms with E-state index in [9.17, 15) is 0 Å². The van der Waals surface area contributed by atoms with Crippen LogP contribution >= 0.6 is 11.8 Å². The second kappa shape index (κ2) is 4.61. The monoisotopic (exact) mass is 159 g/mol. The first-order valence-corrected chi connectivity index (χ1v) is 4.86. The zero-order chi connectivity index (χ0) is 7.23. The average Bonchev–Trinajstić information content (AvgIpc) is 1.87. The number of nitrogens with zero attached hydrogens (tertiary/aromatic N) is 1. The van der Waals surface area contributed by atoms with Gasteiger partial charge in [0.1, 0.15) is 0 Å². The Morgan fingerprint density at radius 2 is 1.80 bits per heavy atom. The molecule has 10 heavy (non-hydrogen) atoms. The maximum atomic E-state index is 8.49. The first kappa shape index (κ1) is 7.92. The molecule has 1 rings (SSSR count). The van der Waals surface area contributed by atoms with Crippen molar-refractivity contribution in [1.82, 2.24) is 0 Å². The lowest BCUT2D eigenvalue weighted by molar-refractivity contribution is 0.316. The van der Waals surface area contributed by atoms with Gasteiger partial charge in [0.05, 0.1) is 5.71 Å². The number of oxime groups is 1. The SMILES string of the molecule is ON=C1CCCSCCC1. The summed E-state index contributed by atoms with van der Waals surface area (Å²) in [7, 11) is 0. The highest BCUT2D eigenvalue weighted by atomic mass is 32.2. The summed E-state index contributed by atoms with van der Waals surface area (Å²) in [6.45, 7) is 0. The molecular formula is C7H13NOS. The van der Waals surface area contributed by atoms with E-state index in [1.807, 2.05) is 11.8 Å². The Hall–Kier alpha value is -0.180. The molecule has 0 bridgehead atoms. The molecule has 0 amide bonds. The van der Waals surface area contributed by atoms with Crippen LogP contribution in [-0.4, -0.2) is 22.4 Å². The molecule has 0 unspecified atom stereocenters. The minimum atomic E-state index is 0.986. The summed E-state index contributed by atoms with van der Waals surface area (Å²) in [5, 5.41) is 11.7. The van der Waals surface area contributed by atoms with E-state index in [2.05, 4.69) is 5.16 Å². The normalized spacial score (nSPS) is 21.4. The van der Waals surface area contributed by atoms with Gasteiger partial charge in [-0.05, 0) is 37.2 Å². The number of hydrogen-bond donors (Lipinski definition) is 1. The molecule has 0 saturated carbocycles. The van der Waals surface area contributed by atoms with E-state index in [4.69, 9.17) is 5.21 Å². The topological polar surface area (TPSA) is 32.6 Å². The highest BCUT2D eigenvalue weighted by Gasteiger charge is 2.03. The van der Waals surface area contributed by atoms with Crippen molar-refractivity contribution in [2.45, 2.75) is 25.7 Å². The predicted octanol–water partition coefficient (Wildman–Crippen LogP) is 2.12. The predicted molar refractivity (Wildman–Crippen MR) is 45.0 cm³/mol. The maximum Gasteiger partial charge on any atom is 0.0571 e. The van der Waals surface area contributed by atoms with Crippen molar-refractivity contribution in [1.29, 1.82) is 0 Å². The molecule has 1 saturated heterocycles. The van der Waals surface area contributed by atoms with E-state index in [-0.39, 0.29) is 0 Å². The van der Waals surface area contributed by atoms with Crippen LogP contribution < -0.4 is 0 Å². The first-order valence-electron chi connectivity index (χ1n) is 3.71. The summed E-state index contributed by atoms with van der Waals surface area (Å²) in [6.07, 6.45) is 4.32. The molecule has 1 fully saturated rings. The van der Waals surface area contributed by atoms with Crippen molar-refractivity contribution in [3.63, 3.8) is 0 Å². The summed E-state index contributed by atoms with van der Waals surface area (Å²) in [5.74, 6) is 2.44. The molecule has 2 nitrogen and oxygen atoms in total. The van der Waals surface area contributed by atoms with E-state index >= 15 is 0 Å². The third kappa shape index (κ3) is 2.60. The molecule has 0 spiro atoms. The van der Waals surface area contributed by atoms with Gasteiger partial charge in [-0.15, -0.1) is 0 Å². The van der Waals surface area contributed by atoms with Gasteiger partial charge in [-0.2, -0.15) is 11.8 Å². The number of rotatable bonds is 0. The van der Waals surface area contributed by atoms with Crippen LogP contribution in [-0.2, 0) is 0 Å². The van der Waals surface area contributed by atoms with Gasteiger partial charge in [-0.25, -0.2) is 0 Å². The smallest absolute Gasteiger partial charge is 0.0571 e. The Kier molecular flexibility index (Phi) is 3.65. The zero-order valence-electron chi connectivity index (χ0n) is 6.05. The molecule has 0 aromatic heterocycles. The second-order valence-corrected chi connectivity index (χ2v) is 3.71. The Morgan fingerprint density at radius 3 is 2.30 bits per heavy atom. The number of hydrogen-bond acceptors (Lipinski definition) is 3. The van der Waals surface area contributed by atoms with Gasteiger partial charge in [0.15, 0.2) is 0 Å². The van der Waals surface area contributed by atoms with Crippen LogP contribution in [0.1, 0.15) is 25.7 Å². The Labute approximate surface area is 65.7 Å². The summed E-state index contributed by atoms with van der Waals surface area (Å²) in [4.78, 5) is 0. The van der Waals surface area contributed by atoms with Gasteiger partial charge in [-0.1, -0.05) is 5.16 Å². The van der Waals surface area contributed by atoms with Gasteiger partial charge in [0, 0.05) is 0 Å². The van der Waals surface area contributed by atoms with Crippen molar-refractivity contribution in [2.75, 3.05) is 11.5 Å². The molecule has 1 N–H and O–H groups in total. The molecule has 3 heteroatoms. The van der Waals surface area contributed by atoms with Crippen molar-refractivity contribution >= 4 is 17.5 Å².